The van der Waals surface area contributed by atoms with Gasteiger partial charge in [0.25, 0.3) is 5.91 Å². The first-order valence-corrected chi connectivity index (χ1v) is 7.89. The molecule has 1 aromatic carbocycles. The molecule has 110 valence electrons. The molecule has 1 aromatic heterocycles. The van der Waals surface area contributed by atoms with E-state index in [2.05, 4.69) is 16.8 Å². The number of fused-ring (bicyclic) bond motifs is 1. The first-order chi connectivity index (χ1) is 10.1. The molecule has 2 saturated carbocycles. The molecule has 2 aromatic rings. The molecule has 4 nitrogen and oxygen atoms in total. The van der Waals surface area contributed by atoms with Gasteiger partial charge in [-0.15, -0.1) is 0 Å². The van der Waals surface area contributed by atoms with Crippen molar-refractivity contribution in [3.05, 3.63) is 30.1 Å². The Kier molecular flexibility index (Phi) is 2.81. The summed E-state index contributed by atoms with van der Waals surface area (Å²) >= 11 is 0. The second-order valence-corrected chi connectivity index (χ2v) is 6.58. The summed E-state index contributed by atoms with van der Waals surface area (Å²) < 4.78 is 1.98. The van der Waals surface area contributed by atoms with Gasteiger partial charge >= 0.3 is 0 Å². The monoisotopic (exact) mass is 283 g/mol. The highest BCUT2D eigenvalue weighted by atomic mass is 16.2. The number of hydrogen-bond acceptors (Lipinski definition) is 2. The molecular weight excluding hydrogens is 262 g/mol. The molecule has 1 atom stereocenters. The zero-order chi connectivity index (χ0) is 14.6. The van der Waals surface area contributed by atoms with Gasteiger partial charge in [-0.1, -0.05) is 0 Å². The maximum Gasteiger partial charge on any atom is 0.254 e. The number of carbonyl (C=O) groups excluding carboxylic acids is 1. The van der Waals surface area contributed by atoms with Crippen LogP contribution >= 0.6 is 0 Å². The fourth-order valence-electron chi connectivity index (χ4n) is 3.26. The molecule has 4 heteroatoms. The van der Waals surface area contributed by atoms with Crippen molar-refractivity contribution >= 4 is 16.9 Å². The lowest BCUT2D eigenvalue weighted by Crippen LogP contribution is -2.41. The molecule has 0 unspecified atom stereocenters. The van der Waals surface area contributed by atoms with Crippen LogP contribution in [0, 0.1) is 5.92 Å². The molecule has 1 heterocycles. The summed E-state index contributed by atoms with van der Waals surface area (Å²) in [5, 5.41) is 0. The summed E-state index contributed by atoms with van der Waals surface area (Å²) in [5.74, 6) is 0.901. The molecule has 2 fully saturated rings. The Balaban J connectivity index is 1.66. The van der Waals surface area contributed by atoms with Crippen LogP contribution in [0.5, 0.6) is 0 Å². The van der Waals surface area contributed by atoms with E-state index >= 15 is 0 Å². The minimum Gasteiger partial charge on any atom is -0.334 e. The van der Waals surface area contributed by atoms with Crippen LogP contribution in [0.15, 0.2) is 24.5 Å². The number of imidazole rings is 1. The van der Waals surface area contributed by atoms with Crippen LogP contribution in [0.3, 0.4) is 0 Å². The van der Waals surface area contributed by atoms with Crippen molar-refractivity contribution in [2.45, 2.75) is 44.7 Å². The van der Waals surface area contributed by atoms with Crippen molar-refractivity contribution in [1.29, 1.82) is 0 Å². The molecule has 0 aliphatic heterocycles. The van der Waals surface area contributed by atoms with Crippen LogP contribution < -0.4 is 0 Å². The minimum atomic E-state index is 0.185. The molecular formula is C17H21N3O. The lowest BCUT2D eigenvalue weighted by Gasteiger charge is -2.29. The number of hydrogen-bond donors (Lipinski definition) is 0. The summed E-state index contributed by atoms with van der Waals surface area (Å²) in [6, 6.07) is 6.73. The van der Waals surface area contributed by atoms with E-state index in [-0.39, 0.29) is 5.91 Å². The van der Waals surface area contributed by atoms with Gasteiger partial charge in [-0.25, -0.2) is 4.98 Å². The Morgan fingerprint density at radius 1 is 1.33 bits per heavy atom. The highest BCUT2D eigenvalue weighted by Crippen LogP contribution is 2.40. The average molecular weight is 283 g/mol. The van der Waals surface area contributed by atoms with Gasteiger partial charge in [0.2, 0.25) is 0 Å². The quantitative estimate of drug-likeness (QED) is 0.865. The van der Waals surface area contributed by atoms with Gasteiger partial charge in [0.05, 0.1) is 17.4 Å². The molecule has 0 saturated heterocycles. The second kappa shape index (κ2) is 4.58. The smallest absolute Gasteiger partial charge is 0.254 e. The Morgan fingerprint density at radius 2 is 2.10 bits per heavy atom. The number of benzene rings is 1. The lowest BCUT2D eigenvalue weighted by atomic mass is 10.1. The summed E-state index contributed by atoms with van der Waals surface area (Å²) in [6.45, 7) is 2.22. The van der Waals surface area contributed by atoms with Crippen LogP contribution in [0.2, 0.25) is 0 Å². The predicted molar refractivity (Wildman–Crippen MR) is 82.1 cm³/mol. The third-order valence-electron chi connectivity index (χ3n) is 4.89. The largest absolute Gasteiger partial charge is 0.334 e. The van der Waals surface area contributed by atoms with Crippen molar-refractivity contribution in [2.24, 2.45) is 13.0 Å². The number of aromatic nitrogens is 2. The number of rotatable bonds is 4. The van der Waals surface area contributed by atoms with Crippen LogP contribution in [0.1, 0.15) is 43.0 Å². The topological polar surface area (TPSA) is 38.1 Å². The highest BCUT2D eigenvalue weighted by molar-refractivity contribution is 5.98. The van der Waals surface area contributed by atoms with E-state index in [0.717, 1.165) is 29.4 Å². The number of carbonyl (C=O) groups is 1. The summed E-state index contributed by atoms with van der Waals surface area (Å²) in [7, 11) is 1.97. The minimum absolute atomic E-state index is 0.185. The van der Waals surface area contributed by atoms with E-state index in [4.69, 9.17) is 0 Å². The Hall–Kier alpha value is -1.84. The second-order valence-electron chi connectivity index (χ2n) is 6.58. The molecule has 21 heavy (non-hydrogen) atoms. The molecule has 4 rings (SSSR count). The number of nitrogens with zero attached hydrogens (tertiary/aromatic N) is 3. The molecule has 2 aliphatic carbocycles. The molecule has 2 aliphatic rings. The van der Waals surface area contributed by atoms with E-state index in [1.54, 1.807) is 6.33 Å². The molecule has 1 amide bonds. The van der Waals surface area contributed by atoms with E-state index in [9.17, 15) is 4.79 Å². The fourth-order valence-corrected chi connectivity index (χ4v) is 3.26. The zero-order valence-electron chi connectivity index (χ0n) is 12.6. The Bertz CT molecular complexity index is 697. The van der Waals surface area contributed by atoms with Gasteiger partial charge in [0, 0.05) is 24.7 Å². The Labute approximate surface area is 124 Å². The average Bonchev–Trinajstić information content (AvgIpc) is 3.37. The third kappa shape index (κ3) is 2.23. The molecule has 0 spiro atoms. The van der Waals surface area contributed by atoms with Gasteiger partial charge in [-0.05, 0) is 56.7 Å². The normalized spacial score (nSPS) is 19.7. The van der Waals surface area contributed by atoms with Gasteiger partial charge in [0.1, 0.15) is 0 Å². The molecule has 0 N–H and O–H groups in total. The third-order valence-corrected chi connectivity index (χ3v) is 4.89. The van der Waals surface area contributed by atoms with Crippen molar-refractivity contribution in [2.75, 3.05) is 0 Å². The van der Waals surface area contributed by atoms with Crippen molar-refractivity contribution in [1.82, 2.24) is 14.5 Å². The first-order valence-electron chi connectivity index (χ1n) is 7.89. The van der Waals surface area contributed by atoms with E-state index in [1.165, 1.54) is 12.8 Å². The van der Waals surface area contributed by atoms with Crippen molar-refractivity contribution in [3.8, 4) is 0 Å². The highest BCUT2D eigenvalue weighted by Gasteiger charge is 2.41. The zero-order valence-corrected chi connectivity index (χ0v) is 12.6. The Morgan fingerprint density at radius 3 is 2.76 bits per heavy atom. The van der Waals surface area contributed by atoms with E-state index in [1.807, 2.05) is 29.8 Å². The maximum absolute atomic E-state index is 12.9. The standard InChI is InChI=1S/C17H21N3O/c1-11(12-3-4-12)20(14-6-7-14)17(21)13-5-8-16-15(9-13)18-10-19(16)2/h5,8-12,14H,3-4,6-7H2,1-2H3/t11-/m1/s1. The maximum atomic E-state index is 12.9. The number of amides is 1. The van der Waals surface area contributed by atoms with E-state index in [0.29, 0.717) is 18.0 Å². The summed E-state index contributed by atoms with van der Waals surface area (Å²) in [4.78, 5) is 19.4. The first kappa shape index (κ1) is 12.9. The summed E-state index contributed by atoms with van der Waals surface area (Å²) in [6.07, 6.45) is 6.67. The number of aryl methyl sites for hydroxylation is 1. The van der Waals surface area contributed by atoms with Crippen LogP contribution in [-0.4, -0.2) is 32.4 Å². The molecule has 0 bridgehead atoms. The van der Waals surface area contributed by atoms with E-state index < -0.39 is 0 Å². The van der Waals surface area contributed by atoms with Gasteiger partial charge < -0.3 is 9.47 Å². The van der Waals surface area contributed by atoms with Gasteiger partial charge in [-0.2, -0.15) is 0 Å². The fraction of sp³-hybridized carbons (Fsp3) is 0.529. The van der Waals surface area contributed by atoms with Crippen LogP contribution in [0.4, 0.5) is 0 Å². The van der Waals surface area contributed by atoms with Gasteiger partial charge in [-0.3, -0.25) is 4.79 Å². The van der Waals surface area contributed by atoms with Crippen molar-refractivity contribution < 1.29 is 4.79 Å². The lowest BCUT2D eigenvalue weighted by molar-refractivity contribution is 0.0654. The van der Waals surface area contributed by atoms with Crippen LogP contribution in [0.25, 0.3) is 11.0 Å². The van der Waals surface area contributed by atoms with Crippen LogP contribution in [-0.2, 0) is 7.05 Å². The summed E-state index contributed by atoms with van der Waals surface area (Å²) in [5.41, 5.74) is 2.75. The molecule has 0 radical (unpaired) electrons. The van der Waals surface area contributed by atoms with Gasteiger partial charge in [0.15, 0.2) is 0 Å². The SMILES string of the molecule is C[C@H](C1CC1)N(C(=O)c1ccc2c(c1)ncn2C)C1CC1. The van der Waals surface area contributed by atoms with Crippen molar-refractivity contribution in [3.63, 3.8) is 0 Å². The predicted octanol–water partition coefficient (Wildman–Crippen LogP) is 2.98.